The molecular weight excluding hydrogens is 240 g/mol. The highest BCUT2D eigenvalue weighted by Crippen LogP contribution is 2.08. The van der Waals surface area contributed by atoms with Gasteiger partial charge in [0, 0.05) is 6.42 Å². The number of nitrogens with two attached hydrogens (primary N) is 1. The molecule has 0 unspecified atom stereocenters. The Morgan fingerprint density at radius 1 is 1.44 bits per heavy atom. The van der Waals surface area contributed by atoms with Crippen LogP contribution < -0.4 is 11.1 Å². The number of primary amides is 1. The summed E-state index contributed by atoms with van der Waals surface area (Å²) in [4.78, 5) is 33.1. The maximum Gasteiger partial charge on any atom is 0.326 e. The van der Waals surface area contributed by atoms with Gasteiger partial charge in [-0.25, -0.2) is 4.79 Å². The van der Waals surface area contributed by atoms with E-state index in [1.807, 2.05) is 6.92 Å². The van der Waals surface area contributed by atoms with E-state index in [1.54, 1.807) is 6.07 Å². The summed E-state index contributed by atoms with van der Waals surface area (Å²) < 4.78 is 5.16. The number of aliphatic carboxylic acids is 1. The van der Waals surface area contributed by atoms with Gasteiger partial charge >= 0.3 is 5.97 Å². The van der Waals surface area contributed by atoms with Crippen molar-refractivity contribution in [2.75, 3.05) is 0 Å². The SMILES string of the molecule is CCc1ccc(C(=O)N[C@@H](CC(N)=O)C(=O)O)o1. The van der Waals surface area contributed by atoms with Gasteiger partial charge in [-0.2, -0.15) is 0 Å². The van der Waals surface area contributed by atoms with Crippen LogP contribution in [0.2, 0.25) is 0 Å². The summed E-state index contributed by atoms with van der Waals surface area (Å²) in [6.07, 6.45) is 0.152. The zero-order valence-electron chi connectivity index (χ0n) is 9.80. The number of carboxylic acid groups (broad SMARTS) is 1. The molecule has 0 radical (unpaired) electrons. The molecule has 98 valence electrons. The molecule has 1 heterocycles. The molecule has 0 aliphatic heterocycles. The first-order chi connectivity index (χ1) is 8.43. The molecule has 7 heteroatoms. The first-order valence-corrected chi connectivity index (χ1v) is 5.34. The van der Waals surface area contributed by atoms with Crippen LogP contribution in [0.4, 0.5) is 0 Å². The molecule has 0 saturated heterocycles. The average molecular weight is 254 g/mol. The Labute approximate surface area is 103 Å². The van der Waals surface area contributed by atoms with Gasteiger partial charge in [0.2, 0.25) is 5.91 Å². The highest BCUT2D eigenvalue weighted by atomic mass is 16.4. The zero-order chi connectivity index (χ0) is 13.7. The fourth-order valence-corrected chi connectivity index (χ4v) is 1.32. The molecule has 1 aromatic heterocycles. The molecule has 0 bridgehead atoms. The number of carbonyl (C=O) groups excluding carboxylic acids is 2. The Morgan fingerprint density at radius 2 is 2.11 bits per heavy atom. The number of carbonyl (C=O) groups is 3. The van der Waals surface area contributed by atoms with E-state index in [0.29, 0.717) is 12.2 Å². The van der Waals surface area contributed by atoms with Crippen LogP contribution in [-0.4, -0.2) is 28.9 Å². The van der Waals surface area contributed by atoms with Crippen molar-refractivity contribution in [3.63, 3.8) is 0 Å². The van der Waals surface area contributed by atoms with Crippen molar-refractivity contribution in [3.8, 4) is 0 Å². The third-order valence-electron chi connectivity index (χ3n) is 2.24. The van der Waals surface area contributed by atoms with E-state index in [-0.39, 0.29) is 5.76 Å². The van der Waals surface area contributed by atoms with Crippen LogP contribution in [0.5, 0.6) is 0 Å². The van der Waals surface area contributed by atoms with Gasteiger partial charge < -0.3 is 20.6 Å². The van der Waals surface area contributed by atoms with Crippen LogP contribution in [0.25, 0.3) is 0 Å². The topological polar surface area (TPSA) is 123 Å². The third kappa shape index (κ3) is 3.62. The molecule has 18 heavy (non-hydrogen) atoms. The van der Waals surface area contributed by atoms with Crippen molar-refractivity contribution >= 4 is 17.8 Å². The molecule has 2 amide bonds. The van der Waals surface area contributed by atoms with Crippen molar-refractivity contribution in [3.05, 3.63) is 23.7 Å². The third-order valence-corrected chi connectivity index (χ3v) is 2.24. The number of nitrogens with one attached hydrogen (secondary N) is 1. The maximum atomic E-state index is 11.6. The molecule has 1 rings (SSSR count). The molecule has 7 nitrogen and oxygen atoms in total. The number of aryl methyl sites for hydroxylation is 1. The molecule has 0 fully saturated rings. The van der Waals surface area contributed by atoms with E-state index in [4.69, 9.17) is 15.3 Å². The summed E-state index contributed by atoms with van der Waals surface area (Å²) in [5.74, 6) is -2.21. The number of amides is 2. The fourth-order valence-electron chi connectivity index (χ4n) is 1.32. The molecule has 0 aliphatic carbocycles. The molecule has 0 saturated carbocycles. The lowest BCUT2D eigenvalue weighted by Gasteiger charge is -2.11. The molecular formula is C11H14N2O5. The van der Waals surface area contributed by atoms with Gasteiger partial charge in [0.05, 0.1) is 6.42 Å². The van der Waals surface area contributed by atoms with Crippen molar-refractivity contribution in [1.29, 1.82) is 0 Å². The first kappa shape index (κ1) is 13.8. The Balaban J connectivity index is 2.71. The Bertz CT molecular complexity index is 466. The van der Waals surface area contributed by atoms with E-state index in [0.717, 1.165) is 0 Å². The first-order valence-electron chi connectivity index (χ1n) is 5.34. The van der Waals surface area contributed by atoms with Crippen molar-refractivity contribution in [2.24, 2.45) is 5.73 Å². The molecule has 0 aliphatic rings. The predicted octanol–water partition coefficient (Wildman–Crippen LogP) is -0.0996. The van der Waals surface area contributed by atoms with Crippen molar-refractivity contribution in [1.82, 2.24) is 5.32 Å². The highest BCUT2D eigenvalue weighted by Gasteiger charge is 2.23. The van der Waals surface area contributed by atoms with Crippen molar-refractivity contribution in [2.45, 2.75) is 25.8 Å². The van der Waals surface area contributed by atoms with Gasteiger partial charge in [-0.3, -0.25) is 9.59 Å². The quantitative estimate of drug-likeness (QED) is 0.654. The van der Waals surface area contributed by atoms with E-state index >= 15 is 0 Å². The average Bonchev–Trinajstić information content (AvgIpc) is 2.75. The van der Waals surface area contributed by atoms with E-state index < -0.39 is 30.2 Å². The van der Waals surface area contributed by atoms with Crippen LogP contribution >= 0.6 is 0 Å². The number of hydrogen-bond acceptors (Lipinski definition) is 4. The molecule has 0 aromatic carbocycles. The second-order valence-electron chi connectivity index (χ2n) is 3.65. The minimum Gasteiger partial charge on any atom is -0.480 e. The van der Waals surface area contributed by atoms with Crippen LogP contribution in [0.1, 0.15) is 29.7 Å². The van der Waals surface area contributed by atoms with Gasteiger partial charge in [0.15, 0.2) is 5.76 Å². The smallest absolute Gasteiger partial charge is 0.326 e. The fraction of sp³-hybridized carbons (Fsp3) is 0.364. The standard InChI is InChI=1S/C11H14N2O5/c1-2-6-3-4-8(18-6)10(15)13-7(11(16)17)5-9(12)14/h3-4,7H,2,5H2,1H3,(H2,12,14)(H,13,15)(H,16,17)/t7-/m0/s1. The number of rotatable bonds is 6. The van der Waals surface area contributed by atoms with Gasteiger partial charge in [0.1, 0.15) is 11.8 Å². The van der Waals surface area contributed by atoms with Crippen LogP contribution in [0, 0.1) is 0 Å². The molecule has 4 N–H and O–H groups in total. The molecule has 1 atom stereocenters. The van der Waals surface area contributed by atoms with Crippen molar-refractivity contribution < 1.29 is 23.9 Å². The van der Waals surface area contributed by atoms with Crippen LogP contribution in [0.3, 0.4) is 0 Å². The van der Waals surface area contributed by atoms with Gasteiger partial charge in [-0.1, -0.05) is 6.92 Å². The second-order valence-corrected chi connectivity index (χ2v) is 3.65. The summed E-state index contributed by atoms with van der Waals surface area (Å²) in [5.41, 5.74) is 4.89. The largest absolute Gasteiger partial charge is 0.480 e. The lowest BCUT2D eigenvalue weighted by Crippen LogP contribution is -2.43. The van der Waals surface area contributed by atoms with Gasteiger partial charge in [-0.15, -0.1) is 0 Å². The van der Waals surface area contributed by atoms with E-state index in [9.17, 15) is 14.4 Å². The highest BCUT2D eigenvalue weighted by molar-refractivity contribution is 5.95. The molecule has 1 aromatic rings. The number of carboxylic acids is 1. The lowest BCUT2D eigenvalue weighted by molar-refractivity contribution is -0.140. The lowest BCUT2D eigenvalue weighted by atomic mass is 10.2. The second kappa shape index (κ2) is 5.85. The monoisotopic (exact) mass is 254 g/mol. The number of furan rings is 1. The van der Waals surface area contributed by atoms with E-state index in [1.165, 1.54) is 6.07 Å². The predicted molar refractivity (Wildman–Crippen MR) is 60.8 cm³/mol. The molecule has 0 spiro atoms. The van der Waals surface area contributed by atoms with Crippen LogP contribution in [0.15, 0.2) is 16.5 Å². The van der Waals surface area contributed by atoms with Gasteiger partial charge in [-0.05, 0) is 12.1 Å². The Hall–Kier alpha value is -2.31. The summed E-state index contributed by atoms with van der Waals surface area (Å²) in [6, 6.07) is 1.71. The maximum absolute atomic E-state index is 11.6. The van der Waals surface area contributed by atoms with E-state index in [2.05, 4.69) is 5.32 Å². The minimum atomic E-state index is -1.36. The normalized spacial score (nSPS) is 11.8. The summed E-state index contributed by atoms with van der Waals surface area (Å²) in [5, 5.41) is 11.0. The van der Waals surface area contributed by atoms with Gasteiger partial charge in [0.25, 0.3) is 5.91 Å². The number of hydrogen-bond donors (Lipinski definition) is 3. The summed E-state index contributed by atoms with van der Waals surface area (Å²) in [7, 11) is 0. The summed E-state index contributed by atoms with van der Waals surface area (Å²) >= 11 is 0. The Morgan fingerprint density at radius 3 is 2.56 bits per heavy atom. The Kier molecular flexibility index (Phi) is 4.47. The summed E-state index contributed by atoms with van der Waals surface area (Å²) in [6.45, 7) is 1.85. The minimum absolute atomic E-state index is 0.00238. The zero-order valence-corrected chi connectivity index (χ0v) is 9.80. The van der Waals surface area contributed by atoms with Crippen LogP contribution in [-0.2, 0) is 16.0 Å².